The Morgan fingerprint density at radius 3 is 2.24 bits per heavy atom. The van der Waals surface area contributed by atoms with Crippen molar-refractivity contribution in [3.8, 4) is 5.75 Å². The van der Waals surface area contributed by atoms with E-state index in [1.165, 1.54) is 43.2 Å². The van der Waals surface area contributed by atoms with Crippen LogP contribution >= 0.6 is 0 Å². The maximum atomic E-state index is 5.58. The van der Waals surface area contributed by atoms with Gasteiger partial charge in [0.15, 0.2) is 0 Å². The molecular formula is C19H24O2. The van der Waals surface area contributed by atoms with Gasteiger partial charge in [-0.25, -0.2) is 0 Å². The van der Waals surface area contributed by atoms with Crippen LogP contribution in [0.4, 0.5) is 0 Å². The van der Waals surface area contributed by atoms with Crippen LogP contribution in [0.15, 0.2) is 48.3 Å². The Balaban J connectivity index is 1.99. The summed E-state index contributed by atoms with van der Waals surface area (Å²) in [6, 6.07) is 8.46. The second-order valence-corrected chi connectivity index (χ2v) is 6.18. The molecule has 2 aliphatic rings. The summed E-state index contributed by atoms with van der Waals surface area (Å²) in [6.07, 6.45) is 8.62. The van der Waals surface area contributed by atoms with Crippen molar-refractivity contribution < 1.29 is 9.47 Å². The van der Waals surface area contributed by atoms with Crippen molar-refractivity contribution in [2.24, 2.45) is 5.41 Å². The largest absolute Gasteiger partial charge is 0.497 e. The van der Waals surface area contributed by atoms with Gasteiger partial charge in [0.1, 0.15) is 11.5 Å². The highest BCUT2D eigenvalue weighted by Gasteiger charge is 2.47. The van der Waals surface area contributed by atoms with Gasteiger partial charge in [0.2, 0.25) is 0 Å². The monoisotopic (exact) mass is 284 g/mol. The molecule has 1 atom stereocenters. The second kappa shape index (κ2) is 5.59. The quantitative estimate of drug-likeness (QED) is 0.791. The van der Waals surface area contributed by atoms with Gasteiger partial charge in [-0.2, -0.15) is 0 Å². The summed E-state index contributed by atoms with van der Waals surface area (Å²) in [4.78, 5) is 0. The summed E-state index contributed by atoms with van der Waals surface area (Å²) in [5, 5.41) is 0. The molecular weight excluding hydrogens is 260 g/mol. The molecule has 112 valence electrons. The molecule has 2 nitrogen and oxygen atoms in total. The van der Waals surface area contributed by atoms with E-state index in [-0.39, 0.29) is 5.41 Å². The minimum Gasteiger partial charge on any atom is -0.497 e. The van der Waals surface area contributed by atoms with Crippen molar-refractivity contribution in [3.63, 3.8) is 0 Å². The Labute approximate surface area is 127 Å². The van der Waals surface area contributed by atoms with E-state index in [4.69, 9.17) is 9.47 Å². The Morgan fingerprint density at radius 2 is 1.67 bits per heavy atom. The zero-order chi connectivity index (χ0) is 14.9. The molecule has 0 radical (unpaired) electrons. The third-order valence-corrected chi connectivity index (χ3v) is 5.25. The smallest absolute Gasteiger partial charge is 0.118 e. The molecule has 1 unspecified atom stereocenters. The Morgan fingerprint density at radius 1 is 1.00 bits per heavy atom. The first kappa shape index (κ1) is 14.2. The summed E-state index contributed by atoms with van der Waals surface area (Å²) >= 11 is 0. The van der Waals surface area contributed by atoms with Crippen LogP contribution in [0.1, 0.15) is 43.6 Å². The van der Waals surface area contributed by atoms with Crippen molar-refractivity contribution in [2.75, 3.05) is 14.2 Å². The second-order valence-electron chi connectivity index (χ2n) is 6.18. The normalized spacial score (nSPS) is 24.0. The molecule has 0 amide bonds. The van der Waals surface area contributed by atoms with Crippen LogP contribution in [0.3, 0.4) is 0 Å². The predicted molar refractivity (Wildman–Crippen MR) is 85.5 cm³/mol. The van der Waals surface area contributed by atoms with Gasteiger partial charge >= 0.3 is 0 Å². The Bertz CT molecular complexity index is 547. The van der Waals surface area contributed by atoms with Crippen LogP contribution in [0.5, 0.6) is 5.75 Å². The van der Waals surface area contributed by atoms with Crippen molar-refractivity contribution in [2.45, 2.75) is 38.0 Å². The van der Waals surface area contributed by atoms with Crippen LogP contribution in [0.25, 0.3) is 0 Å². The molecule has 0 bridgehead atoms. The summed E-state index contributed by atoms with van der Waals surface area (Å²) in [7, 11) is 3.46. The number of hydrogen-bond donors (Lipinski definition) is 0. The lowest BCUT2D eigenvalue weighted by atomic mass is 9.63. The van der Waals surface area contributed by atoms with E-state index in [0.717, 1.165) is 11.5 Å². The fourth-order valence-corrected chi connectivity index (χ4v) is 4.06. The molecule has 0 aliphatic heterocycles. The topological polar surface area (TPSA) is 18.5 Å². The molecule has 21 heavy (non-hydrogen) atoms. The van der Waals surface area contributed by atoms with Crippen molar-refractivity contribution in [1.82, 2.24) is 0 Å². The molecule has 2 heteroatoms. The van der Waals surface area contributed by atoms with Crippen molar-refractivity contribution >= 4 is 0 Å². The Kier molecular flexibility index (Phi) is 3.79. The van der Waals surface area contributed by atoms with E-state index in [1.54, 1.807) is 14.2 Å². The molecule has 2 aliphatic carbocycles. The summed E-state index contributed by atoms with van der Waals surface area (Å²) in [5.41, 5.74) is 2.70. The number of benzene rings is 1. The first-order chi connectivity index (χ1) is 10.2. The Hall–Kier alpha value is -1.70. The van der Waals surface area contributed by atoms with Gasteiger partial charge in [0.25, 0.3) is 0 Å². The van der Waals surface area contributed by atoms with Gasteiger partial charge in [-0.15, -0.1) is 0 Å². The van der Waals surface area contributed by atoms with E-state index in [2.05, 4.69) is 24.8 Å². The summed E-state index contributed by atoms with van der Waals surface area (Å²) in [6.45, 7) is 4.37. The molecule has 1 aromatic rings. The van der Waals surface area contributed by atoms with Gasteiger partial charge < -0.3 is 9.47 Å². The lowest BCUT2D eigenvalue weighted by Gasteiger charge is -2.40. The molecule has 1 aromatic carbocycles. The average Bonchev–Trinajstić information content (AvgIpc) is 2.81. The minimum absolute atomic E-state index is 0.165. The highest BCUT2D eigenvalue weighted by atomic mass is 16.5. The van der Waals surface area contributed by atoms with Crippen LogP contribution in [-0.4, -0.2) is 14.2 Å². The molecule has 0 saturated heterocycles. The fraction of sp³-hybridized carbons (Fsp3) is 0.474. The maximum Gasteiger partial charge on any atom is 0.118 e. The molecule has 1 saturated carbocycles. The lowest BCUT2D eigenvalue weighted by molar-refractivity contribution is 0.216. The number of rotatable bonds is 3. The van der Waals surface area contributed by atoms with Crippen LogP contribution in [0.2, 0.25) is 0 Å². The highest BCUT2D eigenvalue weighted by Crippen LogP contribution is 2.58. The molecule has 0 aromatic heterocycles. The van der Waals surface area contributed by atoms with Gasteiger partial charge in [-0.05, 0) is 42.2 Å². The number of ether oxygens (including phenoxy) is 2. The van der Waals surface area contributed by atoms with Gasteiger partial charge in [-0.1, -0.05) is 38.0 Å². The average molecular weight is 284 g/mol. The van der Waals surface area contributed by atoms with Crippen LogP contribution in [-0.2, 0) is 4.74 Å². The maximum absolute atomic E-state index is 5.58. The van der Waals surface area contributed by atoms with E-state index >= 15 is 0 Å². The SMILES string of the molecule is C=C1C(OC)=CC(c2ccc(OC)cc2)C12CCCCC2. The van der Waals surface area contributed by atoms with Gasteiger partial charge in [0, 0.05) is 11.3 Å². The van der Waals surface area contributed by atoms with Crippen molar-refractivity contribution in [3.05, 3.63) is 53.8 Å². The standard InChI is InChI=1S/C19H24O2/c1-14-18(21-3)13-17(19(14)11-5-4-6-12-19)15-7-9-16(20-2)10-8-15/h7-10,13,17H,1,4-6,11-12H2,2-3H3. The zero-order valence-corrected chi connectivity index (χ0v) is 13.0. The zero-order valence-electron chi connectivity index (χ0n) is 13.0. The van der Waals surface area contributed by atoms with E-state index < -0.39 is 0 Å². The molecule has 0 N–H and O–H groups in total. The lowest BCUT2D eigenvalue weighted by Crippen LogP contribution is -2.29. The molecule has 1 fully saturated rings. The summed E-state index contributed by atoms with van der Waals surface area (Å²) in [5.74, 6) is 2.27. The summed E-state index contributed by atoms with van der Waals surface area (Å²) < 4.78 is 10.9. The van der Waals surface area contributed by atoms with E-state index in [1.807, 2.05) is 12.1 Å². The van der Waals surface area contributed by atoms with Gasteiger partial charge in [-0.3, -0.25) is 0 Å². The highest BCUT2D eigenvalue weighted by molar-refractivity contribution is 5.47. The third kappa shape index (κ3) is 2.27. The minimum atomic E-state index is 0.165. The van der Waals surface area contributed by atoms with Crippen LogP contribution < -0.4 is 4.74 Å². The van der Waals surface area contributed by atoms with Crippen LogP contribution in [0, 0.1) is 5.41 Å². The molecule has 1 spiro atoms. The van der Waals surface area contributed by atoms with Gasteiger partial charge in [0.05, 0.1) is 14.2 Å². The fourth-order valence-electron chi connectivity index (χ4n) is 4.06. The predicted octanol–water partition coefficient (Wildman–Crippen LogP) is 4.83. The number of allylic oxidation sites excluding steroid dienone is 2. The first-order valence-electron chi connectivity index (χ1n) is 7.81. The van der Waals surface area contributed by atoms with E-state index in [9.17, 15) is 0 Å². The van der Waals surface area contributed by atoms with E-state index in [0.29, 0.717) is 5.92 Å². The molecule has 3 rings (SSSR count). The number of methoxy groups -OCH3 is 2. The molecule has 0 heterocycles. The van der Waals surface area contributed by atoms with Crippen molar-refractivity contribution in [1.29, 1.82) is 0 Å². The first-order valence-corrected chi connectivity index (χ1v) is 7.81. The third-order valence-electron chi connectivity index (χ3n) is 5.25. The number of hydrogen-bond acceptors (Lipinski definition) is 2.